The molecule has 1 saturated carbocycles. The Labute approximate surface area is 97.2 Å². The molecule has 1 aliphatic carbocycles. The molecule has 1 amide bonds. The first-order valence-corrected chi connectivity index (χ1v) is 5.87. The predicted molar refractivity (Wildman–Crippen MR) is 64.2 cm³/mol. The molecular weight excluding hydrogens is 289 g/mol. The maximum atomic E-state index is 11.6. The normalized spacial score (nSPS) is 15.2. The molecule has 1 aromatic carbocycles. The summed E-state index contributed by atoms with van der Waals surface area (Å²) >= 11 is 2.21. The molecule has 3 heteroatoms. The number of hydrogen-bond donors (Lipinski definition) is 1. The third kappa shape index (κ3) is 2.70. The average Bonchev–Trinajstić information content (AvgIpc) is 2.97. The van der Waals surface area contributed by atoms with Crippen molar-refractivity contribution < 1.29 is 4.79 Å². The summed E-state index contributed by atoms with van der Waals surface area (Å²) in [5, 5.41) is 2.95. The van der Waals surface area contributed by atoms with Gasteiger partial charge in [-0.2, -0.15) is 0 Å². The van der Waals surface area contributed by atoms with Crippen LogP contribution in [0.3, 0.4) is 0 Å². The fourth-order valence-electron chi connectivity index (χ4n) is 1.29. The lowest BCUT2D eigenvalue weighted by Crippen LogP contribution is -2.25. The molecule has 1 aromatic rings. The van der Waals surface area contributed by atoms with Gasteiger partial charge < -0.3 is 5.32 Å². The fraction of sp³-hybridized carbons (Fsp3) is 0.364. The van der Waals surface area contributed by atoms with E-state index in [1.54, 1.807) is 0 Å². The van der Waals surface area contributed by atoms with Crippen molar-refractivity contribution in [2.75, 3.05) is 6.54 Å². The third-order valence-electron chi connectivity index (χ3n) is 2.34. The first-order chi connectivity index (χ1) is 6.75. The molecule has 0 aliphatic heterocycles. The van der Waals surface area contributed by atoms with Crippen molar-refractivity contribution in [1.29, 1.82) is 0 Å². The Hall–Kier alpha value is -0.580. The average molecular weight is 301 g/mol. The van der Waals surface area contributed by atoms with Crippen LogP contribution in [-0.2, 0) is 0 Å². The molecule has 1 aliphatic rings. The number of carbonyl (C=O) groups excluding carboxylic acids is 1. The van der Waals surface area contributed by atoms with Crippen LogP contribution in [0.2, 0.25) is 0 Å². The Morgan fingerprint density at radius 2 is 2.29 bits per heavy atom. The molecule has 74 valence electrons. The minimum absolute atomic E-state index is 0.0513. The lowest BCUT2D eigenvalue weighted by molar-refractivity contribution is 0.0952. The van der Waals surface area contributed by atoms with Crippen molar-refractivity contribution >= 4 is 28.5 Å². The van der Waals surface area contributed by atoms with Crippen molar-refractivity contribution in [2.24, 2.45) is 5.92 Å². The van der Waals surface area contributed by atoms with Gasteiger partial charge in [0.1, 0.15) is 0 Å². The summed E-state index contributed by atoms with van der Waals surface area (Å²) in [6, 6.07) is 7.65. The Morgan fingerprint density at radius 1 is 1.50 bits per heavy atom. The summed E-state index contributed by atoms with van der Waals surface area (Å²) in [6.45, 7) is 0.838. The Kier molecular flexibility index (Phi) is 3.05. The van der Waals surface area contributed by atoms with E-state index in [0.717, 1.165) is 21.6 Å². The molecule has 0 aromatic heterocycles. The lowest BCUT2D eigenvalue weighted by atomic mass is 10.2. The van der Waals surface area contributed by atoms with E-state index in [1.165, 1.54) is 12.8 Å². The molecule has 1 N–H and O–H groups in total. The van der Waals surface area contributed by atoms with E-state index in [9.17, 15) is 4.79 Å². The summed E-state index contributed by atoms with van der Waals surface area (Å²) in [5.41, 5.74) is 0.762. The second kappa shape index (κ2) is 4.29. The summed E-state index contributed by atoms with van der Waals surface area (Å²) in [7, 11) is 0. The lowest BCUT2D eigenvalue weighted by Gasteiger charge is -2.03. The molecule has 0 bridgehead atoms. The van der Waals surface area contributed by atoms with E-state index >= 15 is 0 Å². The minimum Gasteiger partial charge on any atom is -0.352 e. The van der Waals surface area contributed by atoms with Gasteiger partial charge in [0.05, 0.1) is 0 Å². The topological polar surface area (TPSA) is 29.1 Å². The van der Waals surface area contributed by atoms with Crippen molar-refractivity contribution in [1.82, 2.24) is 5.32 Å². The Bertz CT molecular complexity index is 347. The van der Waals surface area contributed by atoms with Crippen LogP contribution in [0.25, 0.3) is 0 Å². The van der Waals surface area contributed by atoms with Crippen molar-refractivity contribution in [3.05, 3.63) is 33.4 Å². The Balaban J connectivity index is 1.95. The Morgan fingerprint density at radius 3 is 2.93 bits per heavy atom. The van der Waals surface area contributed by atoms with E-state index in [2.05, 4.69) is 27.9 Å². The third-order valence-corrected chi connectivity index (χ3v) is 3.01. The summed E-state index contributed by atoms with van der Waals surface area (Å²) in [4.78, 5) is 11.6. The molecule has 2 nitrogen and oxygen atoms in total. The maximum absolute atomic E-state index is 11.6. The number of halogens is 1. The zero-order valence-electron chi connectivity index (χ0n) is 7.79. The highest BCUT2D eigenvalue weighted by molar-refractivity contribution is 14.1. The van der Waals surface area contributed by atoms with E-state index in [1.807, 2.05) is 24.3 Å². The number of amides is 1. The summed E-state index contributed by atoms with van der Waals surface area (Å²) < 4.78 is 1.10. The highest BCUT2D eigenvalue weighted by Gasteiger charge is 2.21. The molecule has 0 heterocycles. The minimum atomic E-state index is 0.0513. The summed E-state index contributed by atoms with van der Waals surface area (Å²) in [6.07, 6.45) is 2.54. The number of nitrogens with one attached hydrogen (secondary N) is 1. The van der Waals surface area contributed by atoms with E-state index < -0.39 is 0 Å². The highest BCUT2D eigenvalue weighted by atomic mass is 127. The molecule has 1 fully saturated rings. The van der Waals surface area contributed by atoms with Crippen LogP contribution in [0.5, 0.6) is 0 Å². The molecule has 0 atom stereocenters. The van der Waals surface area contributed by atoms with Gasteiger partial charge in [-0.1, -0.05) is 6.07 Å². The van der Waals surface area contributed by atoms with Gasteiger partial charge in [0.2, 0.25) is 0 Å². The number of benzene rings is 1. The highest BCUT2D eigenvalue weighted by Crippen LogP contribution is 2.27. The van der Waals surface area contributed by atoms with E-state index in [-0.39, 0.29) is 5.91 Å². The van der Waals surface area contributed by atoms with Crippen molar-refractivity contribution in [2.45, 2.75) is 12.8 Å². The van der Waals surface area contributed by atoms with Crippen LogP contribution in [0.1, 0.15) is 23.2 Å². The molecule has 14 heavy (non-hydrogen) atoms. The first kappa shape index (κ1) is 9.96. The van der Waals surface area contributed by atoms with Gasteiger partial charge >= 0.3 is 0 Å². The monoisotopic (exact) mass is 301 g/mol. The van der Waals surface area contributed by atoms with Gasteiger partial charge in [0.15, 0.2) is 0 Å². The van der Waals surface area contributed by atoms with Gasteiger partial charge in [0.25, 0.3) is 5.91 Å². The van der Waals surface area contributed by atoms with Crippen LogP contribution in [0.15, 0.2) is 24.3 Å². The molecule has 0 radical (unpaired) electrons. The van der Waals surface area contributed by atoms with E-state index in [4.69, 9.17) is 0 Å². The molecule has 0 spiro atoms. The SMILES string of the molecule is O=C(NCC1CC1)c1cccc(I)c1. The van der Waals surface area contributed by atoms with E-state index in [0.29, 0.717) is 0 Å². The standard InChI is InChI=1S/C11H12INO/c12-10-3-1-2-9(6-10)11(14)13-7-8-4-5-8/h1-3,6,8H,4-5,7H2,(H,13,14). The zero-order chi connectivity index (χ0) is 9.97. The second-order valence-electron chi connectivity index (χ2n) is 3.66. The summed E-state index contributed by atoms with van der Waals surface area (Å²) in [5.74, 6) is 0.789. The number of hydrogen-bond acceptors (Lipinski definition) is 1. The molecule has 0 unspecified atom stereocenters. The second-order valence-corrected chi connectivity index (χ2v) is 4.91. The van der Waals surface area contributed by atoms with Crippen LogP contribution in [-0.4, -0.2) is 12.5 Å². The molecule has 2 rings (SSSR count). The smallest absolute Gasteiger partial charge is 0.251 e. The van der Waals surface area contributed by atoms with Gasteiger partial charge in [-0.3, -0.25) is 4.79 Å². The zero-order valence-corrected chi connectivity index (χ0v) is 9.95. The number of rotatable bonds is 3. The van der Waals surface area contributed by atoms with Gasteiger partial charge in [-0.25, -0.2) is 0 Å². The quantitative estimate of drug-likeness (QED) is 0.854. The molecular formula is C11H12INO. The predicted octanol–water partition coefficient (Wildman–Crippen LogP) is 2.43. The maximum Gasteiger partial charge on any atom is 0.251 e. The van der Waals surface area contributed by atoms with Gasteiger partial charge in [0, 0.05) is 15.7 Å². The van der Waals surface area contributed by atoms with Gasteiger partial charge in [-0.15, -0.1) is 0 Å². The van der Waals surface area contributed by atoms with Crippen molar-refractivity contribution in [3.63, 3.8) is 0 Å². The first-order valence-electron chi connectivity index (χ1n) is 4.79. The largest absolute Gasteiger partial charge is 0.352 e. The molecule has 0 saturated heterocycles. The van der Waals surface area contributed by atoms with Crippen LogP contribution in [0.4, 0.5) is 0 Å². The fourth-order valence-corrected chi connectivity index (χ4v) is 1.83. The van der Waals surface area contributed by atoms with Crippen LogP contribution in [0, 0.1) is 9.49 Å². The number of carbonyl (C=O) groups is 1. The van der Waals surface area contributed by atoms with Crippen LogP contribution < -0.4 is 5.32 Å². The van der Waals surface area contributed by atoms with Crippen molar-refractivity contribution in [3.8, 4) is 0 Å². The van der Waals surface area contributed by atoms with Crippen LogP contribution >= 0.6 is 22.6 Å². The van der Waals surface area contributed by atoms with Gasteiger partial charge in [-0.05, 0) is 59.5 Å².